The quantitative estimate of drug-likeness (QED) is 0.528. The standard InChI is InChI=1S/C10H12N2O4S/c11-8(10(13)14)6-17-5-7-3-1-2-4-9(7)12(15)16/h1-4,8H,5-6,11H2,(H,13,14)/t8-/m0/s1. The van der Waals surface area contributed by atoms with Crippen molar-refractivity contribution in [1.29, 1.82) is 0 Å². The van der Waals surface area contributed by atoms with E-state index in [0.717, 1.165) is 0 Å². The SMILES string of the molecule is [NH3+][C@@H](CSCc1ccccc1[N+](=O)[O-])C(=O)[O-]. The van der Waals surface area contributed by atoms with Crippen LogP contribution in [0.5, 0.6) is 0 Å². The summed E-state index contributed by atoms with van der Waals surface area (Å²) in [5, 5.41) is 21.1. The number of carboxylic acid groups (broad SMARTS) is 1. The number of rotatable bonds is 6. The van der Waals surface area contributed by atoms with E-state index in [2.05, 4.69) is 5.73 Å². The maximum absolute atomic E-state index is 10.7. The van der Waals surface area contributed by atoms with E-state index in [1.165, 1.54) is 17.8 Å². The Balaban J connectivity index is 2.58. The van der Waals surface area contributed by atoms with Gasteiger partial charge in [0.25, 0.3) is 5.69 Å². The second kappa shape index (κ2) is 6.21. The van der Waals surface area contributed by atoms with Crippen LogP contribution in [0.4, 0.5) is 5.69 Å². The molecule has 92 valence electrons. The summed E-state index contributed by atoms with van der Waals surface area (Å²) >= 11 is 1.29. The van der Waals surface area contributed by atoms with E-state index in [9.17, 15) is 20.0 Å². The highest BCUT2D eigenvalue weighted by Crippen LogP contribution is 2.22. The third-order valence-electron chi connectivity index (χ3n) is 2.10. The number of hydrogen-bond donors (Lipinski definition) is 1. The first kappa shape index (κ1) is 13.5. The zero-order valence-corrected chi connectivity index (χ0v) is 9.81. The first-order valence-electron chi connectivity index (χ1n) is 4.86. The number of carbonyl (C=O) groups excluding carboxylic acids is 1. The molecule has 0 aromatic heterocycles. The summed E-state index contributed by atoms with van der Waals surface area (Å²) in [6, 6.07) is 5.59. The van der Waals surface area contributed by atoms with Crippen molar-refractivity contribution in [2.24, 2.45) is 0 Å². The van der Waals surface area contributed by atoms with Gasteiger partial charge in [0.2, 0.25) is 0 Å². The molecule has 1 rings (SSSR count). The van der Waals surface area contributed by atoms with Crippen LogP contribution in [0.15, 0.2) is 24.3 Å². The lowest BCUT2D eigenvalue weighted by atomic mass is 10.2. The molecule has 1 aromatic carbocycles. The van der Waals surface area contributed by atoms with E-state index < -0.39 is 16.9 Å². The van der Waals surface area contributed by atoms with Crippen molar-refractivity contribution in [3.63, 3.8) is 0 Å². The summed E-state index contributed by atoms with van der Waals surface area (Å²) in [5.74, 6) is -0.551. The van der Waals surface area contributed by atoms with Crippen molar-refractivity contribution in [2.75, 3.05) is 5.75 Å². The predicted molar refractivity (Wildman–Crippen MR) is 60.9 cm³/mol. The molecule has 1 atom stereocenters. The van der Waals surface area contributed by atoms with Crippen LogP contribution in [0.25, 0.3) is 0 Å². The number of carboxylic acids is 1. The molecule has 0 heterocycles. The molecule has 0 aliphatic heterocycles. The van der Waals surface area contributed by atoms with Gasteiger partial charge in [-0.15, -0.1) is 0 Å². The van der Waals surface area contributed by atoms with Gasteiger partial charge in [0.1, 0.15) is 6.04 Å². The Kier molecular flexibility index (Phi) is 4.92. The minimum Gasteiger partial charge on any atom is -0.544 e. The Labute approximate surface area is 102 Å². The number of quaternary nitrogens is 1. The highest BCUT2D eigenvalue weighted by molar-refractivity contribution is 7.98. The molecule has 0 unspecified atom stereocenters. The number of thioether (sulfide) groups is 1. The van der Waals surface area contributed by atoms with Crippen LogP contribution in [-0.4, -0.2) is 22.7 Å². The van der Waals surface area contributed by atoms with E-state index in [4.69, 9.17) is 0 Å². The topological polar surface area (TPSA) is 111 Å². The van der Waals surface area contributed by atoms with Gasteiger partial charge in [0, 0.05) is 17.4 Å². The minimum absolute atomic E-state index is 0.0501. The maximum Gasteiger partial charge on any atom is 0.273 e. The lowest BCUT2D eigenvalue weighted by Crippen LogP contribution is -2.69. The second-order valence-corrected chi connectivity index (χ2v) is 4.45. The number of nitro benzene ring substituents is 1. The normalized spacial score (nSPS) is 12.1. The molecule has 0 radical (unpaired) electrons. The Morgan fingerprint density at radius 2 is 2.12 bits per heavy atom. The van der Waals surface area contributed by atoms with Crippen LogP contribution < -0.4 is 10.8 Å². The lowest BCUT2D eigenvalue weighted by molar-refractivity contribution is -0.431. The van der Waals surface area contributed by atoms with Crippen molar-refractivity contribution in [3.05, 3.63) is 39.9 Å². The van der Waals surface area contributed by atoms with Crippen LogP contribution in [0.3, 0.4) is 0 Å². The van der Waals surface area contributed by atoms with Gasteiger partial charge >= 0.3 is 0 Å². The molecule has 0 spiro atoms. The molecule has 0 saturated heterocycles. The van der Waals surface area contributed by atoms with Gasteiger partial charge < -0.3 is 15.6 Å². The number of para-hydroxylation sites is 1. The van der Waals surface area contributed by atoms with E-state index in [-0.39, 0.29) is 11.4 Å². The number of nitrogens with zero attached hydrogens (tertiary/aromatic N) is 1. The smallest absolute Gasteiger partial charge is 0.273 e. The fourth-order valence-corrected chi connectivity index (χ4v) is 2.19. The summed E-state index contributed by atoms with van der Waals surface area (Å²) < 4.78 is 0. The highest BCUT2D eigenvalue weighted by Gasteiger charge is 2.13. The molecule has 7 heteroatoms. The number of carbonyl (C=O) groups is 1. The van der Waals surface area contributed by atoms with Crippen molar-refractivity contribution < 1.29 is 20.6 Å². The molecule has 3 N–H and O–H groups in total. The zero-order valence-electron chi connectivity index (χ0n) is 9.00. The fourth-order valence-electron chi connectivity index (χ4n) is 1.19. The van der Waals surface area contributed by atoms with Gasteiger partial charge in [0.05, 0.1) is 16.6 Å². The van der Waals surface area contributed by atoms with Crippen molar-refractivity contribution in [1.82, 2.24) is 0 Å². The van der Waals surface area contributed by atoms with Crippen LogP contribution in [0, 0.1) is 10.1 Å². The van der Waals surface area contributed by atoms with E-state index in [1.54, 1.807) is 18.2 Å². The Hall–Kier alpha value is -1.60. The van der Waals surface area contributed by atoms with E-state index in [1.807, 2.05) is 0 Å². The molecule has 0 fully saturated rings. The molecule has 0 saturated carbocycles. The van der Waals surface area contributed by atoms with Crippen LogP contribution in [0.2, 0.25) is 0 Å². The summed E-state index contributed by atoms with van der Waals surface area (Å²) in [6.07, 6.45) is 0. The monoisotopic (exact) mass is 256 g/mol. The summed E-state index contributed by atoms with van der Waals surface area (Å²) in [7, 11) is 0. The lowest BCUT2D eigenvalue weighted by Gasteiger charge is -2.08. The van der Waals surface area contributed by atoms with Crippen LogP contribution in [0.1, 0.15) is 5.56 Å². The maximum atomic E-state index is 10.7. The molecule has 17 heavy (non-hydrogen) atoms. The summed E-state index contributed by atoms with van der Waals surface area (Å²) in [5.41, 5.74) is 4.04. The molecular formula is C10H12N2O4S. The molecule has 0 aliphatic carbocycles. The number of hydrogen-bond acceptors (Lipinski definition) is 5. The second-order valence-electron chi connectivity index (χ2n) is 3.42. The van der Waals surface area contributed by atoms with Crippen molar-refractivity contribution in [3.8, 4) is 0 Å². The van der Waals surface area contributed by atoms with Crippen LogP contribution >= 0.6 is 11.8 Å². The number of benzene rings is 1. The third-order valence-corrected chi connectivity index (χ3v) is 3.25. The first-order chi connectivity index (χ1) is 8.02. The van der Waals surface area contributed by atoms with Crippen LogP contribution in [-0.2, 0) is 10.5 Å². The van der Waals surface area contributed by atoms with E-state index in [0.29, 0.717) is 11.3 Å². The summed E-state index contributed by atoms with van der Waals surface area (Å²) in [6.45, 7) is 0. The minimum atomic E-state index is -1.21. The Morgan fingerprint density at radius 1 is 1.47 bits per heavy atom. The first-order valence-corrected chi connectivity index (χ1v) is 6.02. The fraction of sp³-hybridized carbons (Fsp3) is 0.300. The molecule has 1 aromatic rings. The van der Waals surface area contributed by atoms with Gasteiger partial charge in [-0.2, -0.15) is 11.8 Å². The van der Waals surface area contributed by atoms with Gasteiger partial charge in [-0.3, -0.25) is 10.1 Å². The average Bonchev–Trinajstić information content (AvgIpc) is 2.29. The molecule has 0 aliphatic rings. The Bertz CT molecular complexity index is 425. The van der Waals surface area contributed by atoms with Gasteiger partial charge in [-0.05, 0) is 0 Å². The van der Waals surface area contributed by atoms with Crippen molar-refractivity contribution in [2.45, 2.75) is 11.8 Å². The zero-order chi connectivity index (χ0) is 12.8. The molecule has 0 bridgehead atoms. The molecule has 6 nitrogen and oxygen atoms in total. The summed E-state index contributed by atoms with van der Waals surface area (Å²) in [4.78, 5) is 20.7. The van der Waals surface area contributed by atoms with Gasteiger partial charge in [0.15, 0.2) is 0 Å². The highest BCUT2D eigenvalue weighted by atomic mass is 32.2. The Morgan fingerprint density at radius 3 is 2.71 bits per heavy atom. The van der Waals surface area contributed by atoms with Gasteiger partial charge in [-0.1, -0.05) is 18.2 Å². The largest absolute Gasteiger partial charge is 0.544 e. The third kappa shape index (κ3) is 4.04. The number of nitro groups is 1. The van der Waals surface area contributed by atoms with Crippen molar-refractivity contribution >= 4 is 23.4 Å². The van der Waals surface area contributed by atoms with Gasteiger partial charge in [-0.25, -0.2) is 0 Å². The predicted octanol–water partition coefficient (Wildman–Crippen LogP) is -0.812. The molecule has 0 amide bonds. The average molecular weight is 256 g/mol. The number of aliphatic carboxylic acids is 1. The molecular weight excluding hydrogens is 244 g/mol. The van der Waals surface area contributed by atoms with E-state index >= 15 is 0 Å².